The van der Waals surface area contributed by atoms with Crippen LogP contribution >= 0.6 is 0 Å². The van der Waals surface area contributed by atoms with E-state index < -0.39 is 0 Å². The topological polar surface area (TPSA) is 52.2 Å². The van der Waals surface area contributed by atoms with Crippen LogP contribution in [-0.2, 0) is 0 Å². The van der Waals surface area contributed by atoms with Crippen LogP contribution in [0.25, 0.3) is 10.9 Å². The highest BCUT2D eigenvalue weighted by atomic mass is 16.1. The van der Waals surface area contributed by atoms with Crippen molar-refractivity contribution in [2.45, 2.75) is 6.42 Å². The average molecular weight is 320 g/mol. The minimum absolute atomic E-state index is 0.0697. The van der Waals surface area contributed by atoms with E-state index in [1.165, 1.54) is 5.69 Å². The van der Waals surface area contributed by atoms with E-state index in [0.29, 0.717) is 11.3 Å². The molecule has 0 aliphatic carbocycles. The van der Waals surface area contributed by atoms with Crippen molar-refractivity contribution in [3.8, 4) is 0 Å². The summed E-state index contributed by atoms with van der Waals surface area (Å²) in [5, 5.41) is 0.641. The summed E-state index contributed by atoms with van der Waals surface area (Å²) in [6.45, 7) is 3.67. The number of hydrogen-bond acceptors (Lipinski definition) is 4. The second-order valence-corrected chi connectivity index (χ2v) is 6.07. The van der Waals surface area contributed by atoms with Crippen LogP contribution in [0.2, 0.25) is 0 Å². The molecule has 0 radical (unpaired) electrons. The van der Waals surface area contributed by atoms with Gasteiger partial charge >= 0.3 is 0 Å². The molecule has 1 N–H and O–H groups in total. The molecule has 0 bridgehead atoms. The first-order chi connectivity index (χ1) is 11.8. The van der Waals surface area contributed by atoms with Crippen LogP contribution in [0, 0.1) is 0 Å². The third kappa shape index (κ3) is 2.85. The molecule has 2 heterocycles. The highest BCUT2D eigenvalue weighted by molar-refractivity contribution is 5.78. The lowest BCUT2D eigenvalue weighted by molar-refractivity contribution is 0.783. The number of hydrogen-bond donors (Lipinski definition) is 1. The van der Waals surface area contributed by atoms with Gasteiger partial charge < -0.3 is 9.80 Å². The molecule has 1 aromatic heterocycles. The summed E-state index contributed by atoms with van der Waals surface area (Å²) in [6.07, 6.45) is 1.03. The maximum atomic E-state index is 12.3. The fourth-order valence-corrected chi connectivity index (χ4v) is 3.25. The van der Waals surface area contributed by atoms with Gasteiger partial charge in [-0.3, -0.25) is 9.78 Å². The lowest BCUT2D eigenvalue weighted by Crippen LogP contribution is -2.32. The lowest BCUT2D eigenvalue weighted by Gasteiger charge is -2.24. The van der Waals surface area contributed by atoms with E-state index >= 15 is 0 Å². The van der Waals surface area contributed by atoms with Gasteiger partial charge in [0.15, 0.2) is 0 Å². The van der Waals surface area contributed by atoms with E-state index in [2.05, 4.69) is 44.0 Å². The average Bonchev–Trinajstić information content (AvgIpc) is 2.89. The summed E-state index contributed by atoms with van der Waals surface area (Å²) in [5.74, 6) is 0.675. The molecular weight excluding hydrogens is 300 g/mol. The summed E-state index contributed by atoms with van der Waals surface area (Å²) in [5.41, 5.74) is 1.93. The first-order valence-corrected chi connectivity index (χ1v) is 8.35. The Labute approximate surface area is 140 Å². The number of benzene rings is 2. The first kappa shape index (κ1) is 14.8. The molecule has 2 aromatic carbocycles. The number of nitrogens with one attached hydrogen (secondary N) is 1. The maximum Gasteiger partial charge on any atom is 0.260 e. The van der Waals surface area contributed by atoms with Crippen LogP contribution < -0.4 is 15.4 Å². The SMILES string of the molecule is O=c1[nH]c(N2CCCN(c3ccccc3)CC2)nc2ccccc12. The van der Waals surface area contributed by atoms with Gasteiger partial charge in [0.1, 0.15) is 0 Å². The molecule has 5 heteroatoms. The first-order valence-electron chi connectivity index (χ1n) is 8.35. The molecule has 0 amide bonds. The number of anilines is 2. The van der Waals surface area contributed by atoms with Crippen LogP contribution in [-0.4, -0.2) is 36.1 Å². The van der Waals surface area contributed by atoms with Gasteiger partial charge in [-0.05, 0) is 30.7 Å². The number of aromatic amines is 1. The minimum atomic E-state index is -0.0697. The predicted octanol–water partition coefficient (Wildman–Crippen LogP) is 2.64. The monoisotopic (exact) mass is 320 g/mol. The molecule has 1 aliphatic heterocycles. The summed E-state index contributed by atoms with van der Waals surface area (Å²) in [4.78, 5) is 24.4. The second kappa shape index (κ2) is 6.35. The van der Waals surface area contributed by atoms with Crippen LogP contribution in [0.1, 0.15) is 6.42 Å². The molecule has 0 atom stereocenters. The van der Waals surface area contributed by atoms with Crippen LogP contribution in [0.3, 0.4) is 0 Å². The third-order valence-corrected chi connectivity index (χ3v) is 4.52. The molecule has 1 fully saturated rings. The van der Waals surface area contributed by atoms with Gasteiger partial charge in [-0.2, -0.15) is 0 Å². The Hall–Kier alpha value is -2.82. The van der Waals surface area contributed by atoms with E-state index in [4.69, 9.17) is 0 Å². The van der Waals surface area contributed by atoms with E-state index in [9.17, 15) is 4.79 Å². The van der Waals surface area contributed by atoms with Gasteiger partial charge in [0.05, 0.1) is 10.9 Å². The Balaban J connectivity index is 1.58. The molecular formula is C19H20N4O. The predicted molar refractivity (Wildman–Crippen MR) is 97.8 cm³/mol. The Morgan fingerprint density at radius 3 is 2.42 bits per heavy atom. The molecule has 4 rings (SSSR count). The molecule has 5 nitrogen and oxygen atoms in total. The summed E-state index contributed by atoms with van der Waals surface area (Å²) in [7, 11) is 0. The van der Waals surface area contributed by atoms with E-state index in [-0.39, 0.29) is 5.56 Å². The van der Waals surface area contributed by atoms with Crippen molar-refractivity contribution in [1.29, 1.82) is 0 Å². The van der Waals surface area contributed by atoms with Crippen LogP contribution in [0.5, 0.6) is 0 Å². The van der Waals surface area contributed by atoms with Crippen molar-refractivity contribution in [3.05, 3.63) is 65.0 Å². The Kier molecular flexibility index (Phi) is 3.91. The van der Waals surface area contributed by atoms with Crippen molar-refractivity contribution in [1.82, 2.24) is 9.97 Å². The van der Waals surface area contributed by atoms with Gasteiger partial charge in [-0.25, -0.2) is 4.98 Å². The highest BCUT2D eigenvalue weighted by Crippen LogP contribution is 2.18. The minimum Gasteiger partial charge on any atom is -0.370 e. The van der Waals surface area contributed by atoms with Gasteiger partial charge in [-0.15, -0.1) is 0 Å². The third-order valence-electron chi connectivity index (χ3n) is 4.52. The van der Waals surface area contributed by atoms with Crippen molar-refractivity contribution < 1.29 is 0 Å². The van der Waals surface area contributed by atoms with E-state index in [0.717, 1.165) is 38.1 Å². The molecule has 3 aromatic rings. The van der Waals surface area contributed by atoms with Crippen molar-refractivity contribution in [2.24, 2.45) is 0 Å². The fourth-order valence-electron chi connectivity index (χ4n) is 3.25. The number of fused-ring (bicyclic) bond motifs is 1. The molecule has 0 spiro atoms. The molecule has 0 saturated carbocycles. The number of rotatable bonds is 2. The van der Waals surface area contributed by atoms with Crippen LogP contribution in [0.4, 0.5) is 11.6 Å². The zero-order valence-corrected chi connectivity index (χ0v) is 13.5. The van der Waals surface area contributed by atoms with E-state index in [1.54, 1.807) is 0 Å². The highest BCUT2D eigenvalue weighted by Gasteiger charge is 2.17. The summed E-state index contributed by atoms with van der Waals surface area (Å²) >= 11 is 0. The van der Waals surface area contributed by atoms with Gasteiger partial charge in [0.2, 0.25) is 5.95 Å². The lowest BCUT2D eigenvalue weighted by atomic mass is 10.2. The van der Waals surface area contributed by atoms with Gasteiger partial charge in [-0.1, -0.05) is 30.3 Å². The molecule has 0 unspecified atom stereocenters. The fraction of sp³-hybridized carbons (Fsp3) is 0.263. The molecule has 1 saturated heterocycles. The van der Waals surface area contributed by atoms with Gasteiger partial charge in [0, 0.05) is 31.9 Å². The maximum absolute atomic E-state index is 12.3. The normalized spacial score (nSPS) is 15.5. The van der Waals surface area contributed by atoms with Crippen molar-refractivity contribution in [2.75, 3.05) is 36.0 Å². The molecule has 24 heavy (non-hydrogen) atoms. The zero-order chi connectivity index (χ0) is 16.4. The number of aromatic nitrogens is 2. The Bertz CT molecular complexity index is 891. The number of H-pyrrole nitrogens is 1. The van der Waals surface area contributed by atoms with Crippen molar-refractivity contribution in [3.63, 3.8) is 0 Å². The quantitative estimate of drug-likeness (QED) is 0.789. The van der Waals surface area contributed by atoms with Crippen LogP contribution in [0.15, 0.2) is 59.4 Å². The summed E-state index contributed by atoms with van der Waals surface area (Å²) in [6, 6.07) is 17.9. The largest absolute Gasteiger partial charge is 0.370 e. The number of nitrogens with zero attached hydrogens (tertiary/aromatic N) is 3. The molecule has 1 aliphatic rings. The summed E-state index contributed by atoms with van der Waals surface area (Å²) < 4.78 is 0. The zero-order valence-electron chi connectivity index (χ0n) is 13.5. The second-order valence-electron chi connectivity index (χ2n) is 6.07. The van der Waals surface area contributed by atoms with Gasteiger partial charge in [0.25, 0.3) is 5.56 Å². The molecule has 122 valence electrons. The van der Waals surface area contributed by atoms with Crippen molar-refractivity contribution >= 4 is 22.5 Å². The standard InChI is InChI=1S/C19H20N4O/c24-18-16-9-4-5-10-17(16)20-19(21-18)23-12-6-11-22(13-14-23)15-7-2-1-3-8-15/h1-5,7-10H,6,11-14H2,(H,20,21,24). The Morgan fingerprint density at radius 1 is 0.833 bits per heavy atom. The number of para-hydroxylation sites is 2. The smallest absolute Gasteiger partial charge is 0.260 e. The Morgan fingerprint density at radius 2 is 1.54 bits per heavy atom. The van der Waals surface area contributed by atoms with E-state index in [1.807, 2.05) is 30.3 Å².